The molecule has 0 unspecified atom stereocenters. The second-order valence-electron chi connectivity index (χ2n) is 7.99. The number of carbonyl (C=O) groups is 1. The molecule has 3 aromatic heterocycles. The number of piperazine rings is 1. The van der Waals surface area contributed by atoms with Gasteiger partial charge in [-0.05, 0) is 25.0 Å². The number of aromatic nitrogens is 4. The van der Waals surface area contributed by atoms with E-state index in [1.165, 1.54) is 19.3 Å². The van der Waals surface area contributed by atoms with E-state index in [0.717, 1.165) is 24.2 Å². The third-order valence-electron chi connectivity index (χ3n) is 6.10. The van der Waals surface area contributed by atoms with E-state index in [-0.39, 0.29) is 5.91 Å². The summed E-state index contributed by atoms with van der Waals surface area (Å²) < 4.78 is 7.64. The molecule has 2 fully saturated rings. The van der Waals surface area contributed by atoms with Crippen molar-refractivity contribution in [2.24, 2.45) is 0 Å². The quantitative estimate of drug-likeness (QED) is 0.679. The summed E-state index contributed by atoms with van der Waals surface area (Å²) in [5.41, 5.74) is 1.49. The number of aryl methyl sites for hydroxylation is 1. The van der Waals surface area contributed by atoms with Crippen molar-refractivity contribution in [3.63, 3.8) is 0 Å². The predicted octanol–water partition coefficient (Wildman–Crippen LogP) is 3.04. The van der Waals surface area contributed by atoms with Crippen LogP contribution in [0.25, 0.3) is 5.52 Å². The Kier molecular flexibility index (Phi) is 4.69. The van der Waals surface area contributed by atoms with Gasteiger partial charge in [-0.3, -0.25) is 4.79 Å². The first-order valence-electron chi connectivity index (χ1n) is 10.5. The van der Waals surface area contributed by atoms with Crippen LogP contribution in [0.15, 0.2) is 28.8 Å². The topological polar surface area (TPSA) is 79.8 Å². The fourth-order valence-electron chi connectivity index (χ4n) is 4.53. The molecule has 1 amide bonds. The van der Waals surface area contributed by atoms with E-state index >= 15 is 0 Å². The number of pyridine rings is 1. The van der Waals surface area contributed by atoms with Gasteiger partial charge in [-0.2, -0.15) is 0 Å². The first-order valence-corrected chi connectivity index (χ1v) is 10.5. The Hall–Kier alpha value is -2.90. The van der Waals surface area contributed by atoms with Crippen molar-refractivity contribution < 1.29 is 9.21 Å². The number of nitrogens with zero attached hydrogens (tertiary/aromatic N) is 6. The zero-order valence-electron chi connectivity index (χ0n) is 16.8. The van der Waals surface area contributed by atoms with Crippen molar-refractivity contribution in [2.75, 3.05) is 31.1 Å². The lowest BCUT2D eigenvalue weighted by molar-refractivity contribution is 0.0741. The van der Waals surface area contributed by atoms with Crippen LogP contribution in [0.1, 0.15) is 60.2 Å². The van der Waals surface area contributed by atoms with E-state index in [1.807, 2.05) is 34.2 Å². The van der Waals surface area contributed by atoms with E-state index in [1.54, 1.807) is 6.92 Å². The van der Waals surface area contributed by atoms with Gasteiger partial charge < -0.3 is 18.6 Å². The van der Waals surface area contributed by atoms with Gasteiger partial charge >= 0.3 is 6.01 Å². The number of carbonyl (C=O) groups excluding carboxylic acids is 1. The molecule has 8 nitrogen and oxygen atoms in total. The van der Waals surface area contributed by atoms with Crippen LogP contribution in [0.4, 0.5) is 6.01 Å². The van der Waals surface area contributed by atoms with Crippen LogP contribution in [-0.4, -0.2) is 56.6 Å². The second kappa shape index (κ2) is 7.50. The first kappa shape index (κ1) is 18.1. The Labute approximate surface area is 169 Å². The third-order valence-corrected chi connectivity index (χ3v) is 6.10. The zero-order chi connectivity index (χ0) is 19.8. The molecule has 0 atom stereocenters. The van der Waals surface area contributed by atoms with Crippen LogP contribution in [0.5, 0.6) is 0 Å². The maximum absolute atomic E-state index is 13.3. The summed E-state index contributed by atoms with van der Waals surface area (Å²) >= 11 is 0. The minimum Gasteiger partial charge on any atom is -0.408 e. The molecule has 3 aromatic rings. The molecule has 0 spiro atoms. The van der Waals surface area contributed by atoms with Crippen LogP contribution in [0.2, 0.25) is 0 Å². The highest BCUT2D eigenvalue weighted by Crippen LogP contribution is 2.33. The van der Waals surface area contributed by atoms with E-state index in [0.29, 0.717) is 49.7 Å². The fourth-order valence-corrected chi connectivity index (χ4v) is 4.53. The lowest BCUT2D eigenvalue weighted by Gasteiger charge is -2.33. The number of fused-ring (bicyclic) bond motifs is 1. The third kappa shape index (κ3) is 3.36. The monoisotopic (exact) mass is 394 g/mol. The lowest BCUT2D eigenvalue weighted by Crippen LogP contribution is -2.49. The molecular formula is C21H26N6O2. The molecule has 0 N–H and O–H groups in total. The Bertz CT molecular complexity index is 1010. The molecule has 29 heavy (non-hydrogen) atoms. The van der Waals surface area contributed by atoms with Crippen LogP contribution in [-0.2, 0) is 0 Å². The summed E-state index contributed by atoms with van der Waals surface area (Å²) in [5, 5.41) is 7.98. The summed E-state index contributed by atoms with van der Waals surface area (Å²) in [6, 6.07) is 6.53. The molecule has 1 aliphatic carbocycles. The maximum Gasteiger partial charge on any atom is 0.318 e. The summed E-state index contributed by atoms with van der Waals surface area (Å²) in [4.78, 5) is 22.1. The molecule has 0 aromatic carbocycles. The van der Waals surface area contributed by atoms with Crippen LogP contribution >= 0.6 is 0 Å². The van der Waals surface area contributed by atoms with E-state index in [2.05, 4.69) is 14.6 Å². The lowest BCUT2D eigenvalue weighted by atomic mass is 9.89. The van der Waals surface area contributed by atoms with Gasteiger partial charge in [0, 0.05) is 45.2 Å². The Morgan fingerprint density at radius 3 is 2.59 bits per heavy atom. The summed E-state index contributed by atoms with van der Waals surface area (Å²) in [6.07, 6.45) is 8.14. The standard InChI is InChI=1S/C21H26N6O2/c1-15-23-24-21(29-15)26-13-11-25(12-14-26)20(28)18-17-9-5-6-10-27(17)19(22-18)16-7-3-2-4-8-16/h5-6,9-10,16H,2-4,7-8,11-14H2,1H3. The molecule has 1 saturated carbocycles. The van der Waals surface area contributed by atoms with Crippen molar-refractivity contribution >= 4 is 17.4 Å². The number of amides is 1. The molecule has 8 heteroatoms. The summed E-state index contributed by atoms with van der Waals surface area (Å²) in [6.45, 7) is 4.36. The minimum atomic E-state index is 0.0112. The molecule has 5 rings (SSSR count). The van der Waals surface area contributed by atoms with Gasteiger partial charge in [-0.25, -0.2) is 4.98 Å². The smallest absolute Gasteiger partial charge is 0.318 e. The molecule has 0 bridgehead atoms. The van der Waals surface area contributed by atoms with E-state index < -0.39 is 0 Å². The largest absolute Gasteiger partial charge is 0.408 e. The van der Waals surface area contributed by atoms with Crippen molar-refractivity contribution in [3.05, 3.63) is 41.8 Å². The maximum atomic E-state index is 13.3. The van der Waals surface area contributed by atoms with Gasteiger partial charge in [0.2, 0.25) is 5.89 Å². The zero-order valence-corrected chi connectivity index (χ0v) is 16.8. The van der Waals surface area contributed by atoms with Crippen molar-refractivity contribution in [1.29, 1.82) is 0 Å². The number of imidazole rings is 1. The minimum absolute atomic E-state index is 0.0112. The van der Waals surface area contributed by atoms with Gasteiger partial charge in [0.1, 0.15) is 5.82 Å². The number of rotatable bonds is 3. The first-order chi connectivity index (χ1) is 14.2. The van der Waals surface area contributed by atoms with Crippen LogP contribution in [0, 0.1) is 6.92 Å². The molecule has 0 radical (unpaired) electrons. The number of anilines is 1. The van der Waals surface area contributed by atoms with Crippen molar-refractivity contribution in [3.8, 4) is 0 Å². The van der Waals surface area contributed by atoms with Crippen molar-refractivity contribution in [2.45, 2.75) is 44.9 Å². The van der Waals surface area contributed by atoms with Gasteiger partial charge in [0.25, 0.3) is 5.91 Å². The highest BCUT2D eigenvalue weighted by Gasteiger charge is 2.29. The predicted molar refractivity (Wildman–Crippen MR) is 108 cm³/mol. The average Bonchev–Trinajstić information content (AvgIpc) is 3.38. The molecule has 4 heterocycles. The molecular weight excluding hydrogens is 368 g/mol. The Balaban J connectivity index is 1.37. The molecule has 1 aliphatic heterocycles. The highest BCUT2D eigenvalue weighted by atomic mass is 16.4. The van der Waals surface area contributed by atoms with Crippen molar-refractivity contribution in [1.82, 2.24) is 24.5 Å². The summed E-state index contributed by atoms with van der Waals surface area (Å²) in [7, 11) is 0. The Morgan fingerprint density at radius 1 is 1.07 bits per heavy atom. The van der Waals surface area contributed by atoms with E-state index in [4.69, 9.17) is 9.40 Å². The van der Waals surface area contributed by atoms with Crippen LogP contribution < -0.4 is 4.90 Å². The van der Waals surface area contributed by atoms with Gasteiger partial charge in [-0.1, -0.05) is 30.4 Å². The van der Waals surface area contributed by atoms with Gasteiger partial charge in [0.15, 0.2) is 5.69 Å². The fraction of sp³-hybridized carbons (Fsp3) is 0.524. The van der Waals surface area contributed by atoms with Crippen LogP contribution in [0.3, 0.4) is 0 Å². The van der Waals surface area contributed by atoms with E-state index in [9.17, 15) is 4.79 Å². The number of hydrogen-bond acceptors (Lipinski definition) is 6. The van der Waals surface area contributed by atoms with Gasteiger partial charge in [0.05, 0.1) is 5.52 Å². The highest BCUT2D eigenvalue weighted by molar-refractivity contribution is 5.99. The Morgan fingerprint density at radius 2 is 1.86 bits per heavy atom. The normalized spacial score (nSPS) is 18.5. The number of hydrogen-bond donors (Lipinski definition) is 0. The molecule has 152 valence electrons. The van der Waals surface area contributed by atoms with Gasteiger partial charge in [-0.15, -0.1) is 5.10 Å². The SMILES string of the molecule is Cc1nnc(N2CCN(C(=O)c3nc(C4CCCCC4)n4ccccc34)CC2)o1. The summed E-state index contributed by atoms with van der Waals surface area (Å²) in [5.74, 6) is 2.05. The average molecular weight is 394 g/mol. The molecule has 1 saturated heterocycles. The second-order valence-corrected chi connectivity index (χ2v) is 7.99. The molecule has 2 aliphatic rings.